The second-order valence-electron chi connectivity index (χ2n) is 4.75. The highest BCUT2D eigenvalue weighted by molar-refractivity contribution is 5.76. The minimum Gasteiger partial charge on any atom is -0.390 e. The van der Waals surface area contributed by atoms with Crippen molar-refractivity contribution in [1.82, 2.24) is 14.5 Å². The van der Waals surface area contributed by atoms with Crippen LogP contribution < -0.4 is 11.3 Å². The summed E-state index contributed by atoms with van der Waals surface area (Å²) in [5.41, 5.74) is 4.38. The van der Waals surface area contributed by atoms with Crippen molar-refractivity contribution >= 4 is 17.0 Å². The Balaban J connectivity index is 2.13. The molecular weight excluding hydrogens is 293 g/mol. The number of H-pyrrole nitrogens is 1. The van der Waals surface area contributed by atoms with Crippen LogP contribution in [-0.2, 0) is 4.74 Å². The molecule has 7 nitrogen and oxygen atoms in total. The van der Waals surface area contributed by atoms with Crippen LogP contribution in [0.3, 0.4) is 0 Å². The number of aromatic amines is 1. The molecule has 1 aliphatic rings. The molecule has 0 aliphatic carbocycles. The molecule has 114 valence electrons. The standard InChI is InChI=1S/C11H11F3N4O3/c12-4-2-18(6-1-5(13)11(14,3-19)21-6)8-7(4)9(20)17-10(15)16-8/h2,5-6,19H,1,3H2,(H3,15,16,17,20)/t5-,6+,11+/m0/s1. The van der Waals surface area contributed by atoms with Crippen LogP contribution in [0.1, 0.15) is 12.6 Å². The molecule has 3 rings (SSSR count). The first-order chi connectivity index (χ1) is 9.85. The van der Waals surface area contributed by atoms with Gasteiger partial charge in [-0.15, -0.1) is 0 Å². The maximum atomic E-state index is 13.9. The molecule has 1 saturated heterocycles. The van der Waals surface area contributed by atoms with Gasteiger partial charge >= 0.3 is 0 Å². The minimum atomic E-state index is -2.87. The lowest BCUT2D eigenvalue weighted by atomic mass is 10.2. The average molecular weight is 304 g/mol. The molecular formula is C11H11F3N4O3. The van der Waals surface area contributed by atoms with Gasteiger partial charge in [0.15, 0.2) is 17.6 Å². The average Bonchev–Trinajstić information content (AvgIpc) is 2.89. The number of anilines is 1. The first kappa shape index (κ1) is 13.9. The van der Waals surface area contributed by atoms with E-state index in [0.717, 1.165) is 10.8 Å². The number of aliphatic hydroxyl groups excluding tert-OH is 1. The Morgan fingerprint density at radius 1 is 1.67 bits per heavy atom. The number of halogens is 3. The molecule has 21 heavy (non-hydrogen) atoms. The van der Waals surface area contributed by atoms with E-state index in [-0.39, 0.29) is 17.0 Å². The number of nitrogen functional groups attached to an aromatic ring is 1. The van der Waals surface area contributed by atoms with Crippen molar-refractivity contribution in [2.45, 2.75) is 24.7 Å². The Labute approximate surface area is 115 Å². The first-order valence-electron chi connectivity index (χ1n) is 6.03. The molecule has 0 radical (unpaired) electrons. The molecule has 0 amide bonds. The number of aliphatic hydroxyl groups is 1. The number of alkyl halides is 2. The fourth-order valence-corrected chi connectivity index (χ4v) is 2.36. The van der Waals surface area contributed by atoms with E-state index in [1.807, 2.05) is 0 Å². The third-order valence-corrected chi connectivity index (χ3v) is 3.39. The maximum Gasteiger partial charge on any atom is 0.265 e. The molecule has 1 aliphatic heterocycles. The molecule has 4 N–H and O–H groups in total. The molecule has 0 saturated carbocycles. The van der Waals surface area contributed by atoms with E-state index in [9.17, 15) is 18.0 Å². The number of hydrogen-bond acceptors (Lipinski definition) is 5. The molecule has 2 aromatic heterocycles. The number of aromatic nitrogens is 3. The quantitative estimate of drug-likeness (QED) is 0.743. The summed E-state index contributed by atoms with van der Waals surface area (Å²) >= 11 is 0. The van der Waals surface area contributed by atoms with Crippen molar-refractivity contribution < 1.29 is 23.0 Å². The number of nitrogens with zero attached hydrogens (tertiary/aromatic N) is 2. The topological polar surface area (TPSA) is 106 Å². The van der Waals surface area contributed by atoms with Gasteiger partial charge in [-0.05, 0) is 0 Å². The van der Waals surface area contributed by atoms with Gasteiger partial charge in [-0.3, -0.25) is 9.78 Å². The molecule has 3 atom stereocenters. The summed E-state index contributed by atoms with van der Waals surface area (Å²) in [4.78, 5) is 17.5. The van der Waals surface area contributed by atoms with E-state index < -0.39 is 42.7 Å². The van der Waals surface area contributed by atoms with Crippen LogP contribution in [0.2, 0.25) is 0 Å². The van der Waals surface area contributed by atoms with Crippen LogP contribution in [0.15, 0.2) is 11.0 Å². The summed E-state index contributed by atoms with van der Waals surface area (Å²) in [5, 5.41) is 8.47. The lowest BCUT2D eigenvalue weighted by Crippen LogP contribution is -2.35. The number of hydrogen-bond donors (Lipinski definition) is 3. The van der Waals surface area contributed by atoms with E-state index in [4.69, 9.17) is 15.6 Å². The Morgan fingerprint density at radius 3 is 3.00 bits per heavy atom. The molecule has 2 aromatic rings. The molecule has 0 spiro atoms. The van der Waals surface area contributed by atoms with E-state index in [2.05, 4.69) is 9.97 Å². The van der Waals surface area contributed by atoms with Gasteiger partial charge in [0, 0.05) is 12.6 Å². The number of ether oxygens (including phenoxy) is 1. The highest BCUT2D eigenvalue weighted by atomic mass is 19.2. The van der Waals surface area contributed by atoms with Crippen LogP contribution in [-0.4, -0.2) is 38.3 Å². The summed E-state index contributed by atoms with van der Waals surface area (Å²) in [6.07, 6.45) is -2.95. The molecule has 10 heteroatoms. The SMILES string of the molecule is Nc1nc2c(c(F)cn2[C@H]2C[C@H](F)[C@@](F)(CO)O2)c(=O)[nH]1. The van der Waals surface area contributed by atoms with Crippen molar-refractivity contribution in [3.8, 4) is 0 Å². The van der Waals surface area contributed by atoms with Crippen LogP contribution in [0.4, 0.5) is 19.1 Å². The van der Waals surface area contributed by atoms with E-state index in [1.165, 1.54) is 0 Å². The molecule has 1 fully saturated rings. The zero-order valence-corrected chi connectivity index (χ0v) is 10.5. The van der Waals surface area contributed by atoms with Gasteiger partial charge in [-0.1, -0.05) is 0 Å². The highest BCUT2D eigenvalue weighted by Gasteiger charge is 2.51. The normalized spacial score (nSPS) is 29.3. The van der Waals surface area contributed by atoms with Crippen molar-refractivity contribution in [3.05, 3.63) is 22.4 Å². The van der Waals surface area contributed by atoms with Gasteiger partial charge in [0.2, 0.25) is 5.95 Å². The Kier molecular flexibility index (Phi) is 2.95. The number of nitrogens with two attached hydrogens (primary N) is 1. The monoisotopic (exact) mass is 304 g/mol. The molecule has 3 heterocycles. The molecule has 0 unspecified atom stereocenters. The van der Waals surface area contributed by atoms with Crippen molar-refractivity contribution in [2.75, 3.05) is 12.3 Å². The minimum absolute atomic E-state index is 0.187. The summed E-state index contributed by atoms with van der Waals surface area (Å²) in [5.74, 6) is -4.06. The third-order valence-electron chi connectivity index (χ3n) is 3.39. The van der Waals surface area contributed by atoms with Crippen LogP contribution in [0.5, 0.6) is 0 Å². The number of rotatable bonds is 2. The second kappa shape index (κ2) is 4.46. The lowest BCUT2D eigenvalue weighted by Gasteiger charge is -2.19. The summed E-state index contributed by atoms with van der Waals surface area (Å²) in [7, 11) is 0. The van der Waals surface area contributed by atoms with Crippen molar-refractivity contribution in [3.63, 3.8) is 0 Å². The van der Waals surface area contributed by atoms with Crippen LogP contribution >= 0.6 is 0 Å². The van der Waals surface area contributed by atoms with Gasteiger partial charge in [-0.2, -0.15) is 4.98 Å². The first-order valence-corrected chi connectivity index (χ1v) is 6.03. The summed E-state index contributed by atoms with van der Waals surface area (Å²) in [6.45, 7) is -1.18. The predicted molar refractivity (Wildman–Crippen MR) is 65.3 cm³/mol. The van der Waals surface area contributed by atoms with Gasteiger partial charge in [0.25, 0.3) is 11.4 Å². The zero-order valence-electron chi connectivity index (χ0n) is 10.5. The third kappa shape index (κ3) is 1.98. The van der Waals surface area contributed by atoms with Crippen LogP contribution in [0, 0.1) is 5.82 Å². The number of fused-ring (bicyclic) bond motifs is 1. The smallest absolute Gasteiger partial charge is 0.265 e. The van der Waals surface area contributed by atoms with E-state index in [0.29, 0.717) is 0 Å². The highest BCUT2D eigenvalue weighted by Crippen LogP contribution is 2.40. The fourth-order valence-electron chi connectivity index (χ4n) is 2.36. The summed E-state index contributed by atoms with van der Waals surface area (Å²) < 4.78 is 47.1. The fraction of sp³-hybridized carbons (Fsp3) is 0.455. The predicted octanol–water partition coefficient (Wildman–Crippen LogP) is 0.361. The number of nitrogens with one attached hydrogen (secondary N) is 1. The van der Waals surface area contributed by atoms with Gasteiger partial charge in [0.05, 0.1) is 0 Å². The lowest BCUT2D eigenvalue weighted by molar-refractivity contribution is -0.194. The van der Waals surface area contributed by atoms with Crippen LogP contribution in [0.25, 0.3) is 11.0 Å². The van der Waals surface area contributed by atoms with Gasteiger partial charge in [-0.25, -0.2) is 13.2 Å². The summed E-state index contributed by atoms with van der Waals surface area (Å²) in [6, 6.07) is 0. The maximum absolute atomic E-state index is 13.9. The van der Waals surface area contributed by atoms with E-state index >= 15 is 0 Å². The molecule has 0 bridgehead atoms. The Hall–Kier alpha value is -2.07. The van der Waals surface area contributed by atoms with E-state index in [1.54, 1.807) is 0 Å². The van der Waals surface area contributed by atoms with Crippen molar-refractivity contribution in [2.24, 2.45) is 0 Å². The molecule has 0 aromatic carbocycles. The van der Waals surface area contributed by atoms with Gasteiger partial charge in [0.1, 0.15) is 18.2 Å². The largest absolute Gasteiger partial charge is 0.390 e. The second-order valence-corrected chi connectivity index (χ2v) is 4.75. The Morgan fingerprint density at radius 2 is 2.38 bits per heavy atom. The zero-order chi connectivity index (χ0) is 15.4. The van der Waals surface area contributed by atoms with Gasteiger partial charge < -0.3 is 20.1 Å². The van der Waals surface area contributed by atoms with Crippen molar-refractivity contribution in [1.29, 1.82) is 0 Å². The Bertz CT molecular complexity index is 761.